The third kappa shape index (κ3) is 4.15. The fourth-order valence-electron chi connectivity index (χ4n) is 3.55. The van der Waals surface area contributed by atoms with Crippen LogP contribution in [0.4, 0.5) is 0 Å². The van der Waals surface area contributed by atoms with Gasteiger partial charge in [0.05, 0.1) is 0 Å². The van der Waals surface area contributed by atoms with Crippen LogP contribution in [-0.2, 0) is 12.8 Å². The molecule has 0 atom stereocenters. The molecule has 0 spiro atoms. The van der Waals surface area contributed by atoms with Crippen molar-refractivity contribution >= 4 is 16.6 Å². The molecular formula is C26H22O. The second kappa shape index (κ2) is 8.01. The molecule has 0 heterocycles. The van der Waals surface area contributed by atoms with Crippen molar-refractivity contribution < 1.29 is 4.79 Å². The lowest BCUT2D eigenvalue weighted by Crippen LogP contribution is -2.06. The topological polar surface area (TPSA) is 17.1 Å². The first-order valence-corrected chi connectivity index (χ1v) is 9.42. The summed E-state index contributed by atoms with van der Waals surface area (Å²) in [4.78, 5) is 12.8. The highest BCUT2D eigenvalue weighted by atomic mass is 16.1. The van der Waals surface area contributed by atoms with Crippen LogP contribution >= 0.6 is 0 Å². The standard InChI is InChI=1S/C26H22O/c27-26(17-15-20-8-2-1-3-9-20)25-13-7-6-12-24(25)19-21-14-16-22-10-4-5-11-23(22)18-21/h1-14,16,18H,15,17,19H2. The molecule has 4 rings (SSSR count). The number of benzene rings is 4. The van der Waals surface area contributed by atoms with Crippen molar-refractivity contribution in [1.82, 2.24) is 0 Å². The molecule has 0 aliphatic carbocycles. The zero-order valence-electron chi connectivity index (χ0n) is 15.3. The molecule has 0 fully saturated rings. The predicted molar refractivity (Wildman–Crippen MR) is 112 cm³/mol. The van der Waals surface area contributed by atoms with Gasteiger partial charge in [0, 0.05) is 12.0 Å². The summed E-state index contributed by atoms with van der Waals surface area (Å²) in [5.41, 5.74) is 4.39. The van der Waals surface area contributed by atoms with Crippen LogP contribution in [0.2, 0.25) is 0 Å². The summed E-state index contributed by atoms with van der Waals surface area (Å²) in [6.07, 6.45) is 2.10. The lowest BCUT2D eigenvalue weighted by atomic mass is 9.94. The summed E-state index contributed by atoms with van der Waals surface area (Å²) >= 11 is 0. The minimum Gasteiger partial charge on any atom is -0.294 e. The molecule has 1 nitrogen and oxygen atoms in total. The van der Waals surface area contributed by atoms with E-state index in [1.165, 1.54) is 21.9 Å². The van der Waals surface area contributed by atoms with Crippen molar-refractivity contribution in [3.63, 3.8) is 0 Å². The maximum absolute atomic E-state index is 12.8. The molecule has 0 aliphatic rings. The molecule has 0 unspecified atom stereocenters. The maximum atomic E-state index is 12.8. The third-order valence-electron chi connectivity index (χ3n) is 5.01. The normalized spacial score (nSPS) is 10.8. The van der Waals surface area contributed by atoms with Crippen molar-refractivity contribution in [2.24, 2.45) is 0 Å². The lowest BCUT2D eigenvalue weighted by molar-refractivity contribution is 0.0982. The highest BCUT2D eigenvalue weighted by molar-refractivity contribution is 5.97. The molecule has 132 valence electrons. The van der Waals surface area contributed by atoms with Gasteiger partial charge in [0.25, 0.3) is 0 Å². The van der Waals surface area contributed by atoms with Gasteiger partial charge in [0.1, 0.15) is 0 Å². The number of Topliss-reactive ketones (excluding diaryl/α,β-unsaturated/α-hetero) is 1. The van der Waals surface area contributed by atoms with Crippen LogP contribution in [0.25, 0.3) is 10.8 Å². The summed E-state index contributed by atoms with van der Waals surface area (Å²) in [6, 6.07) is 33.1. The van der Waals surface area contributed by atoms with E-state index in [0.29, 0.717) is 6.42 Å². The van der Waals surface area contributed by atoms with Crippen LogP contribution in [-0.4, -0.2) is 5.78 Å². The van der Waals surface area contributed by atoms with Gasteiger partial charge in [0.2, 0.25) is 0 Å². The maximum Gasteiger partial charge on any atom is 0.163 e. The Labute approximate surface area is 160 Å². The molecular weight excluding hydrogens is 328 g/mol. The Morgan fingerprint density at radius 1 is 0.630 bits per heavy atom. The summed E-state index contributed by atoms with van der Waals surface area (Å²) in [5.74, 6) is 0.218. The second-order valence-corrected chi connectivity index (χ2v) is 6.92. The number of hydrogen-bond acceptors (Lipinski definition) is 1. The highest BCUT2D eigenvalue weighted by Gasteiger charge is 2.11. The Bertz CT molecular complexity index is 1060. The van der Waals surface area contributed by atoms with E-state index in [0.717, 1.165) is 24.0 Å². The zero-order valence-corrected chi connectivity index (χ0v) is 15.3. The van der Waals surface area contributed by atoms with Crippen LogP contribution in [0.15, 0.2) is 97.1 Å². The smallest absolute Gasteiger partial charge is 0.163 e. The first-order chi connectivity index (χ1) is 13.3. The van der Waals surface area contributed by atoms with E-state index >= 15 is 0 Å². The van der Waals surface area contributed by atoms with E-state index < -0.39 is 0 Å². The van der Waals surface area contributed by atoms with Gasteiger partial charge in [-0.1, -0.05) is 97.1 Å². The predicted octanol–water partition coefficient (Wildman–Crippen LogP) is 6.25. The minimum absolute atomic E-state index is 0.218. The Morgan fingerprint density at radius 3 is 2.19 bits per heavy atom. The molecule has 0 aliphatic heterocycles. The number of hydrogen-bond donors (Lipinski definition) is 0. The SMILES string of the molecule is O=C(CCc1ccccc1)c1ccccc1Cc1ccc2ccccc2c1. The van der Waals surface area contributed by atoms with E-state index in [9.17, 15) is 4.79 Å². The molecule has 1 heteroatoms. The summed E-state index contributed by atoms with van der Waals surface area (Å²) in [7, 11) is 0. The number of fused-ring (bicyclic) bond motifs is 1. The van der Waals surface area contributed by atoms with Gasteiger partial charge in [-0.2, -0.15) is 0 Å². The number of carbonyl (C=O) groups is 1. The van der Waals surface area contributed by atoms with Crippen LogP contribution in [0.3, 0.4) is 0 Å². The summed E-state index contributed by atoms with van der Waals surface area (Å²) in [6.45, 7) is 0. The monoisotopic (exact) mass is 350 g/mol. The first-order valence-electron chi connectivity index (χ1n) is 9.42. The van der Waals surface area contributed by atoms with Crippen molar-refractivity contribution in [3.05, 3.63) is 119 Å². The molecule has 4 aromatic rings. The van der Waals surface area contributed by atoms with Crippen LogP contribution in [0, 0.1) is 0 Å². The Balaban J connectivity index is 1.54. The fourth-order valence-corrected chi connectivity index (χ4v) is 3.55. The Morgan fingerprint density at radius 2 is 1.33 bits per heavy atom. The largest absolute Gasteiger partial charge is 0.294 e. The van der Waals surface area contributed by atoms with Crippen molar-refractivity contribution in [1.29, 1.82) is 0 Å². The molecule has 0 amide bonds. The van der Waals surface area contributed by atoms with Gasteiger partial charge in [-0.25, -0.2) is 0 Å². The van der Waals surface area contributed by atoms with E-state index in [1.54, 1.807) is 0 Å². The molecule has 27 heavy (non-hydrogen) atoms. The molecule has 4 aromatic carbocycles. The quantitative estimate of drug-likeness (QED) is 0.376. The Hall–Kier alpha value is -3.19. The number of aryl methyl sites for hydroxylation is 1. The van der Waals surface area contributed by atoms with Gasteiger partial charge in [-0.05, 0) is 40.3 Å². The molecule has 0 saturated carbocycles. The van der Waals surface area contributed by atoms with E-state index in [4.69, 9.17) is 0 Å². The highest BCUT2D eigenvalue weighted by Crippen LogP contribution is 2.21. The molecule has 0 saturated heterocycles. The number of rotatable bonds is 6. The molecule has 0 aromatic heterocycles. The second-order valence-electron chi connectivity index (χ2n) is 6.92. The van der Waals surface area contributed by atoms with Crippen LogP contribution < -0.4 is 0 Å². The fraction of sp³-hybridized carbons (Fsp3) is 0.115. The van der Waals surface area contributed by atoms with Gasteiger partial charge in [-0.15, -0.1) is 0 Å². The summed E-state index contributed by atoms with van der Waals surface area (Å²) < 4.78 is 0. The van der Waals surface area contributed by atoms with Gasteiger partial charge < -0.3 is 0 Å². The van der Waals surface area contributed by atoms with Crippen LogP contribution in [0.1, 0.15) is 33.5 Å². The molecule has 0 radical (unpaired) electrons. The first kappa shape index (κ1) is 17.2. The van der Waals surface area contributed by atoms with E-state index in [-0.39, 0.29) is 5.78 Å². The van der Waals surface area contributed by atoms with Gasteiger partial charge in [-0.3, -0.25) is 4.79 Å². The zero-order chi connectivity index (χ0) is 18.5. The van der Waals surface area contributed by atoms with Crippen LogP contribution in [0.5, 0.6) is 0 Å². The van der Waals surface area contributed by atoms with E-state index in [1.807, 2.05) is 36.4 Å². The molecule has 0 N–H and O–H groups in total. The van der Waals surface area contributed by atoms with Crippen molar-refractivity contribution in [2.75, 3.05) is 0 Å². The number of carbonyl (C=O) groups excluding carboxylic acids is 1. The van der Waals surface area contributed by atoms with E-state index in [2.05, 4.69) is 60.7 Å². The van der Waals surface area contributed by atoms with Gasteiger partial charge in [0.15, 0.2) is 5.78 Å². The average Bonchev–Trinajstić information content (AvgIpc) is 2.73. The van der Waals surface area contributed by atoms with Gasteiger partial charge >= 0.3 is 0 Å². The summed E-state index contributed by atoms with van der Waals surface area (Å²) in [5, 5.41) is 2.48. The van der Waals surface area contributed by atoms with Crippen molar-refractivity contribution in [2.45, 2.75) is 19.3 Å². The Kier molecular flexibility index (Phi) is 5.11. The number of ketones is 1. The lowest BCUT2D eigenvalue weighted by Gasteiger charge is -2.10. The third-order valence-corrected chi connectivity index (χ3v) is 5.01. The average molecular weight is 350 g/mol. The molecule has 0 bridgehead atoms. The van der Waals surface area contributed by atoms with Crippen molar-refractivity contribution in [3.8, 4) is 0 Å². The minimum atomic E-state index is 0.218.